The molecule has 0 aromatic carbocycles. The highest BCUT2D eigenvalue weighted by Gasteiger charge is 2.48. The summed E-state index contributed by atoms with van der Waals surface area (Å²) in [5, 5.41) is 118. The first-order valence-corrected chi connectivity index (χ1v) is 39.9. The summed E-state index contributed by atoms with van der Waals surface area (Å²) in [6, 6.07) is -3.28. The highest BCUT2D eigenvalue weighted by atomic mass is 16.7. The van der Waals surface area contributed by atoms with E-state index in [0.29, 0.717) is 70.6 Å². The number of esters is 1. The predicted octanol–water partition coefficient (Wildman–Crippen LogP) is -4.61. The number of methoxy groups -OCH3 is 1. The monoisotopic (exact) mass is 1640 g/mol. The minimum absolute atomic E-state index is 0.0777. The number of amides is 10. The Balaban J connectivity index is 1.56. The Kier molecular flexibility index (Phi) is 53.5. The first kappa shape index (κ1) is 102. The Bertz CT molecular complexity index is 2540. The molecule has 0 unspecified atom stereocenters. The van der Waals surface area contributed by atoms with E-state index in [-0.39, 0.29) is 191 Å². The zero-order valence-electron chi connectivity index (χ0n) is 66.7. The van der Waals surface area contributed by atoms with Gasteiger partial charge in [-0.3, -0.25) is 52.7 Å². The summed E-state index contributed by atoms with van der Waals surface area (Å²) in [5.74, 6) is -3.95. The van der Waals surface area contributed by atoms with E-state index in [1.807, 2.05) is 0 Å². The van der Waals surface area contributed by atoms with Crippen LogP contribution in [0.1, 0.15) is 181 Å². The van der Waals surface area contributed by atoms with E-state index in [4.69, 9.17) is 47.4 Å². The molecule has 0 bridgehead atoms. The fourth-order valence-corrected chi connectivity index (χ4v) is 12.4. The molecule has 40 nitrogen and oxygen atoms in total. The van der Waals surface area contributed by atoms with Crippen molar-refractivity contribution >= 4 is 65.0 Å². The lowest BCUT2D eigenvalue weighted by Gasteiger charge is -2.42. The number of carbonyl (C=O) groups excluding carboxylic acids is 11. The fraction of sp³-hybridized carbons (Fsp3) is 0.851. The molecule has 0 saturated carbocycles. The van der Waals surface area contributed by atoms with E-state index in [9.17, 15) is 98.7 Å². The Morgan fingerprint density at radius 2 is 0.570 bits per heavy atom. The molecule has 19 N–H and O–H groups in total. The first-order valence-electron chi connectivity index (χ1n) is 39.9. The van der Waals surface area contributed by atoms with E-state index in [0.717, 1.165) is 44.9 Å². The molecule has 0 radical (unpaired) electrons. The number of aliphatic hydroxyl groups excluding tert-OH is 9. The van der Waals surface area contributed by atoms with Crippen LogP contribution in [-0.4, -0.2) is 334 Å². The minimum atomic E-state index is -1.46. The number of aliphatic hydroxyl groups is 9. The number of hydrogen-bond donors (Lipinski definition) is 19. The van der Waals surface area contributed by atoms with Gasteiger partial charge in [0.15, 0.2) is 18.9 Å². The van der Waals surface area contributed by atoms with Crippen LogP contribution < -0.4 is 53.2 Å². The summed E-state index contributed by atoms with van der Waals surface area (Å²) < 4.78 is 56.8. The lowest BCUT2D eigenvalue weighted by molar-refractivity contribution is -0.270. The van der Waals surface area contributed by atoms with Gasteiger partial charge in [0, 0.05) is 131 Å². The van der Waals surface area contributed by atoms with Gasteiger partial charge in [-0.2, -0.15) is 0 Å². The van der Waals surface area contributed by atoms with Crippen molar-refractivity contribution in [3.63, 3.8) is 0 Å². The van der Waals surface area contributed by atoms with Crippen molar-refractivity contribution in [3.8, 4) is 0 Å². The van der Waals surface area contributed by atoms with Gasteiger partial charge in [0.05, 0.1) is 66.6 Å². The number of ether oxygens (including phenoxy) is 10. The molecule has 658 valence electrons. The van der Waals surface area contributed by atoms with Crippen LogP contribution in [0.3, 0.4) is 0 Å². The van der Waals surface area contributed by atoms with Crippen molar-refractivity contribution in [1.82, 2.24) is 53.2 Å². The third kappa shape index (κ3) is 43.1. The summed E-state index contributed by atoms with van der Waals surface area (Å²) >= 11 is 0. The first-order chi connectivity index (χ1) is 54.7. The average molecular weight is 1640 g/mol. The van der Waals surface area contributed by atoms with Gasteiger partial charge < -0.3 is 146 Å². The summed E-state index contributed by atoms with van der Waals surface area (Å²) in [7, 11) is 1.36. The second-order valence-corrected chi connectivity index (χ2v) is 28.6. The van der Waals surface area contributed by atoms with Gasteiger partial charge in [-0.05, 0) is 70.6 Å². The van der Waals surface area contributed by atoms with Gasteiger partial charge in [0.25, 0.3) is 0 Å². The molecule has 10 amide bonds. The van der Waals surface area contributed by atoms with Crippen molar-refractivity contribution in [3.05, 3.63) is 0 Å². The lowest BCUT2D eigenvalue weighted by atomic mass is 9.97. The average Bonchev–Trinajstić information content (AvgIpc) is 0.819. The molecule has 0 aromatic heterocycles. The molecule has 0 aromatic rings. The molecule has 3 saturated heterocycles. The largest absolute Gasteiger partial charge is 0.469 e. The normalized spacial score (nSPS) is 23.5. The van der Waals surface area contributed by atoms with Gasteiger partial charge in [-0.1, -0.05) is 38.5 Å². The van der Waals surface area contributed by atoms with Gasteiger partial charge >= 0.3 is 5.97 Å². The quantitative estimate of drug-likeness (QED) is 0.0201. The van der Waals surface area contributed by atoms with E-state index < -0.39 is 135 Å². The summed E-state index contributed by atoms with van der Waals surface area (Å²) in [4.78, 5) is 138. The molecular formula is C74H132N10O30. The predicted molar refractivity (Wildman–Crippen MR) is 403 cm³/mol. The van der Waals surface area contributed by atoms with Crippen molar-refractivity contribution in [2.24, 2.45) is 0 Å². The summed E-state index contributed by atoms with van der Waals surface area (Å²) in [5.41, 5.74) is -1.41. The maximum Gasteiger partial charge on any atom is 0.305 e. The van der Waals surface area contributed by atoms with Gasteiger partial charge in [0.2, 0.25) is 59.1 Å². The van der Waals surface area contributed by atoms with Crippen LogP contribution in [0.15, 0.2) is 0 Å². The fourth-order valence-electron chi connectivity index (χ4n) is 12.4. The smallest absolute Gasteiger partial charge is 0.305 e. The molecular weight excluding hydrogens is 1510 g/mol. The standard InChI is InChI=1S/C74H132N10O30/c1-48(88)81-62-68(102)65(99)51(42-85)112-71(62)109-36-16-13-22-54(91)75-30-19-33-78-57(94)27-39-106-45-74(84-60(97)25-11-9-7-5-6-8-10-12-26-61(98)105-4,46-107-40-28-58(95)79-34-20-31-76-55(92)23-14-17-37-110-72-63(82-49(2)89)69(103)66(100)52(43-86)113-72)47-108-41-29-59(96)80-35-21-32-77-56(93)24-15-18-38-111-73-64(83-50(3)90)70(104)67(101)53(44-87)114-73/h51-53,62-73,85-87,99-104H,5-47H2,1-4H3,(H,75,91)(H,76,92)(H,77,93)(H,78,94)(H,79,95)(H,80,96)(H,81,88)(H,82,89)(H,83,90)(H,84,97)/t51-,52-,53-,62-,63-,64-,65+,66+,67+,68-,69-,70-,71-,72-,73-/m1/s1. The number of carbonyl (C=O) groups is 11. The number of rotatable bonds is 63. The second kappa shape index (κ2) is 60.0. The molecule has 3 aliphatic rings. The zero-order chi connectivity index (χ0) is 84.1. The Morgan fingerprint density at radius 1 is 0.316 bits per heavy atom. The van der Waals surface area contributed by atoms with Crippen LogP contribution in [0.25, 0.3) is 0 Å². The van der Waals surface area contributed by atoms with Gasteiger partial charge in [-0.25, -0.2) is 0 Å². The third-order valence-electron chi connectivity index (χ3n) is 18.7. The maximum absolute atomic E-state index is 13.9. The second-order valence-electron chi connectivity index (χ2n) is 28.6. The van der Waals surface area contributed by atoms with Crippen molar-refractivity contribution < 1.29 is 146 Å². The highest BCUT2D eigenvalue weighted by Crippen LogP contribution is 2.26. The van der Waals surface area contributed by atoms with Crippen LogP contribution in [0.2, 0.25) is 0 Å². The van der Waals surface area contributed by atoms with Crippen molar-refractivity contribution in [2.45, 2.75) is 279 Å². The molecule has 3 heterocycles. The third-order valence-corrected chi connectivity index (χ3v) is 18.7. The van der Waals surface area contributed by atoms with Crippen LogP contribution in [-0.2, 0) is 100 Å². The van der Waals surface area contributed by atoms with Gasteiger partial charge in [0.1, 0.15) is 78.6 Å². The van der Waals surface area contributed by atoms with Crippen LogP contribution in [0.4, 0.5) is 0 Å². The van der Waals surface area contributed by atoms with Crippen molar-refractivity contribution in [1.29, 1.82) is 0 Å². The van der Waals surface area contributed by atoms with E-state index >= 15 is 0 Å². The summed E-state index contributed by atoms with van der Waals surface area (Å²) in [6.45, 7) is 2.42. The topological polar surface area (TPSA) is 582 Å². The number of nitrogens with one attached hydrogen (secondary N) is 10. The minimum Gasteiger partial charge on any atom is -0.469 e. The van der Waals surface area contributed by atoms with Gasteiger partial charge in [-0.15, -0.1) is 0 Å². The van der Waals surface area contributed by atoms with Crippen LogP contribution in [0, 0.1) is 0 Å². The van der Waals surface area contributed by atoms with Crippen LogP contribution in [0.5, 0.6) is 0 Å². The lowest BCUT2D eigenvalue weighted by Crippen LogP contribution is -2.64. The molecule has 15 atom stereocenters. The molecule has 0 spiro atoms. The highest BCUT2D eigenvalue weighted by molar-refractivity contribution is 5.79. The zero-order valence-corrected chi connectivity index (χ0v) is 66.7. The van der Waals surface area contributed by atoms with E-state index in [1.165, 1.54) is 27.9 Å². The summed E-state index contributed by atoms with van der Waals surface area (Å²) in [6.07, 6.45) is -4.84. The SMILES string of the molecule is COC(=O)CCCCCCCCCCC(=O)NC(COCCC(=O)NCCCNC(=O)CCCCO[C@@H]1O[C@H](CO)[C@H](O)[C@H](O)[C@H]1NC(C)=O)(COCCC(=O)NCCCNC(=O)CCCCO[C@@H]1O[C@H](CO)[C@H](O)[C@H](O)[C@H]1NC(C)=O)COCCC(=O)NCCCNC(=O)CCCCO[C@@H]1O[C@H](CO)[C@H](O)[C@H](O)[C@H]1NC(C)=O. The Labute approximate surface area is 666 Å². The van der Waals surface area contributed by atoms with Crippen molar-refractivity contribution in [2.75, 3.05) is 126 Å². The van der Waals surface area contributed by atoms with Crippen LogP contribution >= 0.6 is 0 Å². The maximum atomic E-state index is 13.9. The number of hydrogen-bond acceptors (Lipinski definition) is 30. The molecule has 3 fully saturated rings. The van der Waals surface area contributed by atoms with E-state index in [1.54, 1.807) is 0 Å². The molecule has 3 aliphatic heterocycles. The molecule has 0 aliphatic carbocycles. The molecule has 40 heteroatoms. The van der Waals surface area contributed by atoms with E-state index in [2.05, 4.69) is 53.2 Å². The Morgan fingerprint density at radius 3 is 0.842 bits per heavy atom. The Hall–Kier alpha value is -6.55. The molecule has 3 rings (SSSR count). The number of unbranched alkanes of at least 4 members (excludes halogenated alkanes) is 10. The molecule has 114 heavy (non-hydrogen) atoms.